The molecule has 0 aliphatic heterocycles. The molecule has 6 nitrogen and oxygen atoms in total. The lowest BCUT2D eigenvalue weighted by Crippen LogP contribution is -2.16. The van der Waals surface area contributed by atoms with E-state index in [0.29, 0.717) is 49.8 Å². The number of aromatic nitrogens is 1. The molecule has 0 aliphatic carbocycles. The maximum Gasteiger partial charge on any atom is 0.343 e. The number of anilines is 1. The summed E-state index contributed by atoms with van der Waals surface area (Å²) in [4.78, 5) is 30.3. The number of amides is 1. The molecule has 174 valence electrons. The third-order valence-corrected chi connectivity index (χ3v) is 7.05. The first kappa shape index (κ1) is 23.7. The summed E-state index contributed by atoms with van der Waals surface area (Å²) in [6.45, 7) is 5.23. The maximum absolute atomic E-state index is 13.6. The summed E-state index contributed by atoms with van der Waals surface area (Å²) in [5.74, 6) is -0.229. The van der Waals surface area contributed by atoms with Gasteiger partial charge in [-0.15, -0.1) is 11.3 Å². The van der Waals surface area contributed by atoms with Crippen LogP contribution in [0.2, 0.25) is 5.02 Å². The number of benzene rings is 2. The summed E-state index contributed by atoms with van der Waals surface area (Å²) in [6, 6.07) is 10.8. The third kappa shape index (κ3) is 4.47. The zero-order valence-corrected chi connectivity index (χ0v) is 20.4. The van der Waals surface area contributed by atoms with Gasteiger partial charge in [0.1, 0.15) is 22.3 Å². The fraction of sp³-hybridized carbons (Fsp3) is 0.160. The number of thiophene rings is 1. The zero-order chi connectivity index (χ0) is 24.6. The Labute approximate surface area is 204 Å². The number of carbonyl (C=O) groups excluding carboxylic acids is 2. The Hall–Kier alpha value is -3.49. The first-order valence-electron chi connectivity index (χ1n) is 10.2. The molecular formula is C25H20ClFN2O4S. The number of pyridine rings is 1. The van der Waals surface area contributed by atoms with Gasteiger partial charge in [0.15, 0.2) is 5.75 Å². The van der Waals surface area contributed by atoms with Gasteiger partial charge in [-0.2, -0.15) is 0 Å². The molecule has 4 aromatic rings. The highest BCUT2D eigenvalue weighted by Crippen LogP contribution is 2.37. The average Bonchev–Trinajstić information content (AvgIpc) is 3.15. The number of methoxy groups -OCH3 is 1. The van der Waals surface area contributed by atoms with Crippen LogP contribution < -0.4 is 14.8 Å². The van der Waals surface area contributed by atoms with Crippen LogP contribution in [0.1, 0.15) is 36.9 Å². The Morgan fingerprint density at radius 1 is 1.09 bits per heavy atom. The molecule has 0 saturated heterocycles. The van der Waals surface area contributed by atoms with Crippen LogP contribution >= 0.6 is 22.9 Å². The van der Waals surface area contributed by atoms with Gasteiger partial charge in [0.25, 0.3) is 5.91 Å². The van der Waals surface area contributed by atoms with E-state index in [1.807, 2.05) is 0 Å². The molecule has 2 aromatic heterocycles. The molecule has 0 spiro atoms. The number of rotatable bonds is 5. The minimum absolute atomic E-state index is 0.257. The van der Waals surface area contributed by atoms with Gasteiger partial charge < -0.3 is 14.8 Å². The van der Waals surface area contributed by atoms with E-state index in [9.17, 15) is 14.0 Å². The molecule has 2 heterocycles. The van der Waals surface area contributed by atoms with Crippen LogP contribution in [-0.2, 0) is 0 Å². The van der Waals surface area contributed by atoms with Crippen molar-refractivity contribution >= 4 is 50.7 Å². The van der Waals surface area contributed by atoms with Gasteiger partial charge in [0.05, 0.1) is 23.4 Å². The van der Waals surface area contributed by atoms with Crippen LogP contribution in [0.15, 0.2) is 42.5 Å². The van der Waals surface area contributed by atoms with Crippen molar-refractivity contribution in [2.75, 3.05) is 12.4 Å². The minimum atomic E-state index is -0.549. The Kier molecular flexibility index (Phi) is 6.54. The quantitative estimate of drug-likeness (QED) is 0.318. The molecule has 0 aliphatic rings. The summed E-state index contributed by atoms with van der Waals surface area (Å²) in [5.41, 5.74) is 2.06. The van der Waals surface area contributed by atoms with Crippen molar-refractivity contribution in [3.63, 3.8) is 0 Å². The van der Waals surface area contributed by atoms with Gasteiger partial charge in [-0.25, -0.2) is 14.2 Å². The number of ether oxygens (including phenoxy) is 2. The van der Waals surface area contributed by atoms with E-state index in [1.165, 1.54) is 19.2 Å². The second-order valence-electron chi connectivity index (χ2n) is 7.59. The monoisotopic (exact) mass is 498 g/mol. The maximum atomic E-state index is 13.6. The number of aryl methyl sites for hydroxylation is 1. The van der Waals surface area contributed by atoms with E-state index in [2.05, 4.69) is 10.3 Å². The summed E-state index contributed by atoms with van der Waals surface area (Å²) < 4.78 is 24.9. The predicted molar refractivity (Wildman–Crippen MR) is 131 cm³/mol. The number of hydrogen-bond acceptors (Lipinski definition) is 6. The van der Waals surface area contributed by atoms with Crippen LogP contribution in [0, 0.1) is 26.6 Å². The zero-order valence-electron chi connectivity index (χ0n) is 18.8. The Bertz CT molecular complexity index is 1450. The van der Waals surface area contributed by atoms with E-state index in [-0.39, 0.29) is 9.90 Å². The van der Waals surface area contributed by atoms with E-state index in [0.717, 1.165) is 11.3 Å². The normalized spacial score (nSPS) is 10.9. The number of halogens is 2. The Balaban J connectivity index is 1.60. The van der Waals surface area contributed by atoms with Crippen LogP contribution in [0.5, 0.6) is 11.5 Å². The van der Waals surface area contributed by atoms with Crippen molar-refractivity contribution < 1.29 is 23.5 Å². The van der Waals surface area contributed by atoms with Crippen LogP contribution in [-0.4, -0.2) is 24.0 Å². The largest absolute Gasteiger partial charge is 0.497 e. The van der Waals surface area contributed by atoms with E-state index in [1.54, 1.807) is 51.1 Å². The molecule has 0 fully saturated rings. The highest BCUT2D eigenvalue weighted by molar-refractivity contribution is 7.21. The van der Waals surface area contributed by atoms with Crippen molar-refractivity contribution in [3.05, 3.63) is 80.6 Å². The lowest BCUT2D eigenvalue weighted by molar-refractivity contribution is 0.0730. The van der Waals surface area contributed by atoms with Gasteiger partial charge in [-0.05, 0) is 62.7 Å². The molecule has 9 heteroatoms. The predicted octanol–water partition coefficient (Wildman–Crippen LogP) is 6.49. The van der Waals surface area contributed by atoms with E-state index < -0.39 is 17.7 Å². The molecule has 0 bridgehead atoms. The summed E-state index contributed by atoms with van der Waals surface area (Å²) in [6.07, 6.45) is 0. The van der Waals surface area contributed by atoms with Crippen molar-refractivity contribution in [1.29, 1.82) is 0 Å². The number of nitrogens with zero attached hydrogens (tertiary/aromatic N) is 1. The minimum Gasteiger partial charge on any atom is -0.497 e. The van der Waals surface area contributed by atoms with Crippen LogP contribution in [0.25, 0.3) is 10.1 Å². The summed E-state index contributed by atoms with van der Waals surface area (Å²) in [5, 5.41) is 3.64. The smallest absolute Gasteiger partial charge is 0.343 e. The van der Waals surface area contributed by atoms with Crippen molar-refractivity contribution in [1.82, 2.24) is 4.98 Å². The van der Waals surface area contributed by atoms with E-state index in [4.69, 9.17) is 21.1 Å². The van der Waals surface area contributed by atoms with Crippen molar-refractivity contribution in [2.24, 2.45) is 0 Å². The molecule has 1 amide bonds. The fourth-order valence-corrected chi connectivity index (χ4v) is 4.88. The van der Waals surface area contributed by atoms with E-state index >= 15 is 0 Å². The van der Waals surface area contributed by atoms with Gasteiger partial charge in [-0.1, -0.05) is 17.7 Å². The lowest BCUT2D eigenvalue weighted by atomic mass is 10.1. The number of nitrogens with one attached hydrogen (secondary N) is 1. The molecular weight excluding hydrogens is 479 g/mol. The molecule has 0 saturated carbocycles. The number of hydrogen-bond donors (Lipinski definition) is 1. The highest BCUT2D eigenvalue weighted by atomic mass is 35.5. The molecule has 1 N–H and O–H groups in total. The van der Waals surface area contributed by atoms with Gasteiger partial charge in [0, 0.05) is 15.6 Å². The second kappa shape index (κ2) is 9.40. The summed E-state index contributed by atoms with van der Waals surface area (Å²) in [7, 11) is 1.52. The van der Waals surface area contributed by atoms with Crippen LogP contribution in [0.4, 0.5) is 10.2 Å². The number of fused-ring (bicyclic) bond motifs is 1. The molecule has 0 atom stereocenters. The van der Waals surface area contributed by atoms with Crippen LogP contribution in [0.3, 0.4) is 0 Å². The molecule has 0 radical (unpaired) electrons. The van der Waals surface area contributed by atoms with Crippen molar-refractivity contribution in [3.8, 4) is 11.5 Å². The molecule has 4 rings (SSSR count). The second-order valence-corrected chi connectivity index (χ2v) is 9.02. The molecule has 0 unspecified atom stereocenters. The Morgan fingerprint density at radius 2 is 1.85 bits per heavy atom. The number of carbonyl (C=O) groups is 2. The van der Waals surface area contributed by atoms with Gasteiger partial charge in [0.2, 0.25) is 0 Å². The first-order chi connectivity index (χ1) is 16.2. The standard InChI is InChI=1S/C25H20ClFN2O4S/c1-12-13(2)23(29-24(30)22-20(26)18-9-8-16(27)11-19(18)34-22)28-14(3)21(12)33-25(31)15-6-5-7-17(10-15)32-4/h5-11H,1-4H3,(H,28,29,30). The summed E-state index contributed by atoms with van der Waals surface area (Å²) >= 11 is 7.48. The first-order valence-corrected chi connectivity index (χ1v) is 11.4. The van der Waals surface area contributed by atoms with Gasteiger partial charge in [-0.3, -0.25) is 4.79 Å². The highest BCUT2D eigenvalue weighted by Gasteiger charge is 2.22. The fourth-order valence-electron chi connectivity index (χ4n) is 3.44. The lowest BCUT2D eigenvalue weighted by Gasteiger charge is -2.16. The number of esters is 1. The average molecular weight is 499 g/mol. The molecule has 2 aromatic carbocycles. The van der Waals surface area contributed by atoms with Crippen molar-refractivity contribution in [2.45, 2.75) is 20.8 Å². The SMILES string of the molecule is COc1cccc(C(=O)Oc2c(C)nc(NC(=O)c3sc4cc(F)ccc4c3Cl)c(C)c2C)c1. The van der Waals surface area contributed by atoms with Gasteiger partial charge >= 0.3 is 5.97 Å². The molecule has 34 heavy (non-hydrogen) atoms. The third-order valence-electron chi connectivity index (χ3n) is 5.40. The topological polar surface area (TPSA) is 77.5 Å². The Morgan fingerprint density at radius 3 is 2.59 bits per heavy atom.